The highest BCUT2D eigenvalue weighted by Crippen LogP contribution is 2.39. The maximum atomic E-state index is 13.0. The summed E-state index contributed by atoms with van der Waals surface area (Å²) in [6, 6.07) is 5.91. The molecule has 1 aromatic heterocycles. The minimum Gasteiger partial charge on any atom is -0.249 e. The van der Waals surface area contributed by atoms with E-state index in [2.05, 4.69) is 31.5 Å². The molecule has 1 aromatic carbocycles. The number of benzene rings is 1. The van der Waals surface area contributed by atoms with Crippen molar-refractivity contribution < 1.29 is 4.21 Å². The average molecular weight is 427 g/mol. The van der Waals surface area contributed by atoms with Crippen molar-refractivity contribution in [3.8, 4) is 10.4 Å². The van der Waals surface area contributed by atoms with Gasteiger partial charge in [0.1, 0.15) is 0 Å². The second-order valence-corrected chi connectivity index (χ2v) is 10.3. The molecule has 1 aliphatic rings. The number of nitrogens with zero attached hydrogens (tertiary/aromatic N) is 1. The van der Waals surface area contributed by atoms with Crippen LogP contribution in [0.2, 0.25) is 0 Å². The van der Waals surface area contributed by atoms with Gasteiger partial charge in [-0.2, -0.15) is 0 Å². The SMILES string of the molecule is C=S(=O)(NCC)c1cc(Br)ccc1-c1cnc(C2CCCCC2)s1. The fourth-order valence-corrected chi connectivity index (χ4v) is 6.41. The first-order chi connectivity index (χ1) is 11.5. The van der Waals surface area contributed by atoms with E-state index < -0.39 is 9.71 Å². The van der Waals surface area contributed by atoms with Crippen molar-refractivity contribution in [2.75, 3.05) is 6.54 Å². The molecule has 24 heavy (non-hydrogen) atoms. The molecule has 1 atom stereocenters. The molecule has 0 aliphatic heterocycles. The molecule has 1 saturated carbocycles. The standard InChI is InChI=1S/C18H23BrN2OS2/c1-3-21-24(2,22)17-11-14(19)9-10-15(17)16-12-20-18(23-16)13-7-5-4-6-8-13/h9-13H,2-8H2,1H3,(H,21,22). The van der Waals surface area contributed by atoms with Gasteiger partial charge in [0.15, 0.2) is 0 Å². The van der Waals surface area contributed by atoms with Gasteiger partial charge >= 0.3 is 0 Å². The zero-order valence-electron chi connectivity index (χ0n) is 13.9. The molecule has 1 unspecified atom stereocenters. The van der Waals surface area contributed by atoms with E-state index in [1.54, 1.807) is 11.3 Å². The van der Waals surface area contributed by atoms with Crippen molar-refractivity contribution >= 4 is 42.8 Å². The summed E-state index contributed by atoms with van der Waals surface area (Å²) in [5.74, 6) is 4.53. The monoisotopic (exact) mass is 426 g/mol. The molecule has 1 N–H and O–H groups in total. The van der Waals surface area contributed by atoms with Gasteiger partial charge in [-0.1, -0.05) is 48.2 Å². The number of nitrogens with one attached hydrogen (secondary N) is 1. The Morgan fingerprint density at radius 1 is 1.38 bits per heavy atom. The van der Waals surface area contributed by atoms with Crippen LogP contribution in [0, 0.1) is 0 Å². The van der Waals surface area contributed by atoms with E-state index in [4.69, 9.17) is 0 Å². The van der Waals surface area contributed by atoms with Crippen molar-refractivity contribution in [1.29, 1.82) is 0 Å². The summed E-state index contributed by atoms with van der Waals surface area (Å²) in [5, 5.41) is 1.22. The summed E-state index contributed by atoms with van der Waals surface area (Å²) in [6.45, 7) is 2.56. The van der Waals surface area contributed by atoms with E-state index >= 15 is 0 Å². The van der Waals surface area contributed by atoms with Gasteiger partial charge in [0, 0.05) is 28.7 Å². The van der Waals surface area contributed by atoms with Crippen LogP contribution >= 0.6 is 27.3 Å². The molecule has 1 aliphatic carbocycles. The molecule has 6 heteroatoms. The van der Waals surface area contributed by atoms with Crippen LogP contribution in [0.5, 0.6) is 0 Å². The minimum atomic E-state index is -2.53. The van der Waals surface area contributed by atoms with Gasteiger partial charge in [0.2, 0.25) is 0 Å². The summed E-state index contributed by atoms with van der Waals surface area (Å²) in [7, 11) is -2.53. The molecule has 0 bridgehead atoms. The van der Waals surface area contributed by atoms with Gasteiger partial charge in [-0.05, 0) is 30.8 Å². The van der Waals surface area contributed by atoms with Gasteiger partial charge in [-0.25, -0.2) is 13.9 Å². The molecule has 0 amide bonds. The Kier molecular flexibility index (Phi) is 5.80. The van der Waals surface area contributed by atoms with Crippen LogP contribution in [0.1, 0.15) is 50.0 Å². The fraction of sp³-hybridized carbons (Fsp3) is 0.444. The van der Waals surface area contributed by atoms with Crippen LogP contribution in [-0.4, -0.2) is 21.6 Å². The molecule has 0 saturated heterocycles. The van der Waals surface area contributed by atoms with E-state index in [9.17, 15) is 4.21 Å². The lowest BCUT2D eigenvalue weighted by atomic mass is 9.90. The lowest BCUT2D eigenvalue weighted by Gasteiger charge is -2.19. The normalized spacial score (nSPS) is 18.4. The Bertz CT molecular complexity index is 808. The van der Waals surface area contributed by atoms with E-state index in [-0.39, 0.29) is 0 Å². The highest BCUT2D eigenvalue weighted by Gasteiger charge is 2.21. The molecule has 0 radical (unpaired) electrons. The fourth-order valence-electron chi connectivity index (χ4n) is 3.23. The van der Waals surface area contributed by atoms with Crippen molar-refractivity contribution in [1.82, 2.24) is 9.71 Å². The number of hydrogen-bond acceptors (Lipinski definition) is 3. The summed E-state index contributed by atoms with van der Waals surface area (Å²) in [6.07, 6.45) is 8.36. The van der Waals surface area contributed by atoms with Gasteiger partial charge in [0.25, 0.3) is 0 Å². The topological polar surface area (TPSA) is 42.0 Å². The minimum absolute atomic E-state index is 0.592. The van der Waals surface area contributed by atoms with Crippen LogP contribution in [-0.2, 0) is 9.71 Å². The Morgan fingerprint density at radius 3 is 2.83 bits per heavy atom. The Balaban J connectivity index is 1.99. The highest BCUT2D eigenvalue weighted by atomic mass is 79.9. The van der Waals surface area contributed by atoms with E-state index in [0.717, 1.165) is 19.8 Å². The molecule has 1 fully saturated rings. The third kappa shape index (κ3) is 3.93. The molecular formula is C18H23BrN2OS2. The van der Waals surface area contributed by atoms with Gasteiger partial charge in [-0.3, -0.25) is 0 Å². The molecule has 3 rings (SSSR count). The average Bonchev–Trinajstić information content (AvgIpc) is 3.05. The first-order valence-corrected chi connectivity index (χ1v) is 11.7. The quantitative estimate of drug-likeness (QED) is 0.665. The lowest BCUT2D eigenvalue weighted by Crippen LogP contribution is -2.23. The molecule has 130 valence electrons. The summed E-state index contributed by atoms with van der Waals surface area (Å²) in [4.78, 5) is 6.51. The van der Waals surface area contributed by atoms with Gasteiger partial charge < -0.3 is 0 Å². The van der Waals surface area contributed by atoms with Crippen molar-refractivity contribution in [3.05, 3.63) is 33.9 Å². The molecular weight excluding hydrogens is 404 g/mol. The van der Waals surface area contributed by atoms with Gasteiger partial charge in [0.05, 0.1) is 24.5 Å². The van der Waals surface area contributed by atoms with Gasteiger partial charge in [-0.15, -0.1) is 11.3 Å². The third-order valence-electron chi connectivity index (χ3n) is 4.42. The maximum absolute atomic E-state index is 13.0. The predicted molar refractivity (Wildman–Crippen MR) is 108 cm³/mol. The number of rotatable bonds is 5. The Labute approximate surface area is 157 Å². The maximum Gasteiger partial charge on any atom is 0.0962 e. The first-order valence-electron chi connectivity index (χ1n) is 8.39. The Hall–Kier alpha value is -0.690. The van der Waals surface area contributed by atoms with Crippen LogP contribution in [0.25, 0.3) is 10.4 Å². The molecule has 2 aromatic rings. The largest absolute Gasteiger partial charge is 0.249 e. The van der Waals surface area contributed by atoms with Crippen molar-refractivity contribution in [2.24, 2.45) is 0 Å². The molecule has 3 nitrogen and oxygen atoms in total. The highest BCUT2D eigenvalue weighted by molar-refractivity contribution is 9.10. The smallest absolute Gasteiger partial charge is 0.0962 e. The zero-order chi connectivity index (χ0) is 17.2. The van der Waals surface area contributed by atoms with Crippen LogP contribution in [0.3, 0.4) is 0 Å². The second-order valence-electron chi connectivity index (χ2n) is 6.21. The summed E-state index contributed by atoms with van der Waals surface area (Å²) < 4.78 is 16.9. The Morgan fingerprint density at radius 2 is 2.12 bits per heavy atom. The molecule has 1 heterocycles. The summed E-state index contributed by atoms with van der Waals surface area (Å²) in [5.41, 5.74) is 0.971. The van der Waals surface area contributed by atoms with E-state index in [0.29, 0.717) is 12.5 Å². The first kappa shape index (κ1) is 18.1. The van der Waals surface area contributed by atoms with Crippen molar-refractivity contribution in [2.45, 2.75) is 49.8 Å². The van der Waals surface area contributed by atoms with Crippen LogP contribution < -0.4 is 4.72 Å². The van der Waals surface area contributed by atoms with E-state index in [1.807, 2.05) is 31.3 Å². The third-order valence-corrected chi connectivity index (χ3v) is 7.91. The number of thiazole rings is 1. The van der Waals surface area contributed by atoms with Crippen molar-refractivity contribution in [3.63, 3.8) is 0 Å². The zero-order valence-corrected chi connectivity index (χ0v) is 17.1. The summed E-state index contributed by atoms with van der Waals surface area (Å²) >= 11 is 5.23. The number of hydrogen-bond donors (Lipinski definition) is 1. The molecule has 0 spiro atoms. The van der Waals surface area contributed by atoms with E-state index in [1.165, 1.54) is 37.1 Å². The second kappa shape index (κ2) is 7.68. The predicted octanol–water partition coefficient (Wildman–Crippen LogP) is 5.22. The number of aromatic nitrogens is 1. The lowest BCUT2D eigenvalue weighted by molar-refractivity contribution is 0.442. The van der Waals surface area contributed by atoms with Crippen LogP contribution in [0.4, 0.5) is 0 Å². The number of halogens is 1. The van der Waals surface area contributed by atoms with Crippen LogP contribution in [0.15, 0.2) is 33.8 Å².